The van der Waals surface area contributed by atoms with Crippen molar-refractivity contribution in [2.45, 2.75) is 46.3 Å². The van der Waals surface area contributed by atoms with Gasteiger partial charge in [-0.1, -0.05) is 36.4 Å². The molecule has 7 heteroatoms. The lowest BCUT2D eigenvalue weighted by atomic mass is 9.97. The lowest BCUT2D eigenvalue weighted by Gasteiger charge is -2.31. The summed E-state index contributed by atoms with van der Waals surface area (Å²) in [5.74, 6) is 0.288. The first-order chi connectivity index (χ1) is 15.4. The molecule has 6 nitrogen and oxygen atoms in total. The number of nitrogens with zero attached hydrogens (tertiary/aromatic N) is 2. The highest BCUT2D eigenvalue weighted by Gasteiger charge is 2.23. The van der Waals surface area contributed by atoms with Crippen LogP contribution in [-0.2, 0) is 24.4 Å². The van der Waals surface area contributed by atoms with E-state index < -0.39 is 0 Å². The Kier molecular flexibility index (Phi) is 8.62. The van der Waals surface area contributed by atoms with Crippen LogP contribution in [0, 0.1) is 18.7 Å². The number of aryl methyl sites for hydroxylation is 1. The number of piperidine rings is 1. The van der Waals surface area contributed by atoms with Crippen molar-refractivity contribution in [1.29, 1.82) is 0 Å². The highest BCUT2D eigenvalue weighted by Crippen LogP contribution is 2.19. The molecule has 0 spiro atoms. The van der Waals surface area contributed by atoms with Crippen LogP contribution < -0.4 is 16.4 Å². The topological polar surface area (TPSA) is 82.8 Å². The molecule has 0 bridgehead atoms. The van der Waals surface area contributed by atoms with Crippen LogP contribution in [0.4, 0.5) is 4.39 Å². The van der Waals surface area contributed by atoms with Gasteiger partial charge >= 0.3 is 0 Å². The first-order valence-electron chi connectivity index (χ1n) is 11.3. The van der Waals surface area contributed by atoms with Gasteiger partial charge < -0.3 is 16.4 Å². The summed E-state index contributed by atoms with van der Waals surface area (Å²) in [6.45, 7) is 8.20. The molecule has 1 heterocycles. The highest BCUT2D eigenvalue weighted by atomic mass is 19.1. The third kappa shape index (κ3) is 7.05. The van der Waals surface area contributed by atoms with Gasteiger partial charge in [-0.25, -0.2) is 9.38 Å². The fraction of sp³-hybridized carbons (Fsp3) is 0.440. The van der Waals surface area contributed by atoms with Crippen molar-refractivity contribution < 1.29 is 9.18 Å². The molecule has 1 aliphatic heterocycles. The number of halogens is 1. The summed E-state index contributed by atoms with van der Waals surface area (Å²) >= 11 is 0. The number of guanidine groups is 1. The van der Waals surface area contributed by atoms with Gasteiger partial charge in [-0.3, -0.25) is 9.69 Å². The Morgan fingerprint density at radius 3 is 2.75 bits per heavy atom. The van der Waals surface area contributed by atoms with Crippen molar-refractivity contribution in [2.24, 2.45) is 16.6 Å². The van der Waals surface area contributed by atoms with Gasteiger partial charge in [0.1, 0.15) is 5.82 Å². The molecule has 172 valence electrons. The summed E-state index contributed by atoms with van der Waals surface area (Å²) in [6, 6.07) is 13.5. The van der Waals surface area contributed by atoms with Crippen molar-refractivity contribution in [3.05, 3.63) is 70.5 Å². The molecular formula is C25H34FN5O. The monoisotopic (exact) mass is 439 g/mol. The summed E-state index contributed by atoms with van der Waals surface area (Å²) < 4.78 is 13.5. The van der Waals surface area contributed by atoms with Crippen molar-refractivity contribution in [3.63, 3.8) is 0 Å². The fourth-order valence-corrected chi connectivity index (χ4v) is 4.03. The van der Waals surface area contributed by atoms with Crippen LogP contribution in [0.3, 0.4) is 0 Å². The lowest BCUT2D eigenvalue weighted by Crippen LogP contribution is -2.40. The quantitative estimate of drug-likeness (QED) is 0.436. The smallest absolute Gasteiger partial charge is 0.221 e. The molecule has 1 aliphatic rings. The third-order valence-corrected chi connectivity index (χ3v) is 5.75. The number of hydrogen-bond donors (Lipinski definition) is 3. The van der Waals surface area contributed by atoms with Gasteiger partial charge in [0.25, 0.3) is 0 Å². The summed E-state index contributed by atoms with van der Waals surface area (Å²) in [5, 5.41) is 6.57. The Morgan fingerprint density at radius 1 is 1.19 bits per heavy atom. The number of rotatable bonds is 8. The van der Waals surface area contributed by atoms with E-state index in [1.807, 2.05) is 13.0 Å². The summed E-state index contributed by atoms with van der Waals surface area (Å²) in [6.07, 6.45) is 1.89. The molecule has 0 radical (unpaired) electrons. The Bertz CT molecular complexity index is 946. The molecule has 0 aliphatic carbocycles. The van der Waals surface area contributed by atoms with Crippen molar-refractivity contribution in [1.82, 2.24) is 15.5 Å². The molecule has 1 amide bonds. The molecule has 1 fully saturated rings. The van der Waals surface area contributed by atoms with Crippen LogP contribution >= 0.6 is 0 Å². The van der Waals surface area contributed by atoms with Gasteiger partial charge in [-0.2, -0.15) is 0 Å². The van der Waals surface area contributed by atoms with Crippen LogP contribution in [-0.4, -0.2) is 36.4 Å². The van der Waals surface area contributed by atoms with E-state index >= 15 is 0 Å². The SMILES string of the molecule is CCNC(=NCc1cccc(CN2CCCC(C(N)=O)C2)c1)NCc1ccc(F)c(C)c1. The number of hydrogen-bond acceptors (Lipinski definition) is 3. The maximum Gasteiger partial charge on any atom is 0.221 e. The number of benzene rings is 2. The summed E-state index contributed by atoms with van der Waals surface area (Å²) in [5.41, 5.74) is 9.49. The van der Waals surface area contributed by atoms with Gasteiger partial charge in [0, 0.05) is 26.2 Å². The van der Waals surface area contributed by atoms with E-state index in [4.69, 9.17) is 10.7 Å². The van der Waals surface area contributed by atoms with E-state index in [9.17, 15) is 9.18 Å². The van der Waals surface area contributed by atoms with E-state index in [-0.39, 0.29) is 17.6 Å². The lowest BCUT2D eigenvalue weighted by molar-refractivity contribution is -0.123. The Morgan fingerprint density at radius 2 is 2.00 bits per heavy atom. The average Bonchev–Trinajstić information content (AvgIpc) is 2.78. The Balaban J connectivity index is 1.59. The zero-order chi connectivity index (χ0) is 22.9. The molecule has 0 saturated carbocycles. The van der Waals surface area contributed by atoms with Crippen LogP contribution in [0.15, 0.2) is 47.5 Å². The number of nitrogens with one attached hydrogen (secondary N) is 2. The molecular weight excluding hydrogens is 405 g/mol. The molecule has 1 atom stereocenters. The zero-order valence-corrected chi connectivity index (χ0v) is 19.0. The predicted molar refractivity (Wildman–Crippen MR) is 126 cm³/mol. The molecule has 1 unspecified atom stereocenters. The Hall–Kier alpha value is -2.93. The van der Waals surface area contributed by atoms with Crippen molar-refractivity contribution >= 4 is 11.9 Å². The van der Waals surface area contributed by atoms with Gasteiger partial charge in [-0.05, 0) is 61.6 Å². The van der Waals surface area contributed by atoms with Crippen LogP contribution in [0.2, 0.25) is 0 Å². The number of nitrogens with two attached hydrogens (primary N) is 1. The number of carbonyl (C=O) groups is 1. The molecule has 2 aromatic carbocycles. The third-order valence-electron chi connectivity index (χ3n) is 5.75. The molecule has 32 heavy (non-hydrogen) atoms. The maximum absolute atomic E-state index is 13.5. The average molecular weight is 440 g/mol. The van der Waals surface area contributed by atoms with Crippen LogP contribution in [0.25, 0.3) is 0 Å². The standard InChI is InChI=1S/C25H34FN5O/c1-3-28-25(30-15-20-9-10-23(26)18(2)12-20)29-14-19-6-4-7-21(13-19)16-31-11-5-8-22(17-31)24(27)32/h4,6-7,9-10,12-13,22H,3,5,8,11,14-17H2,1-2H3,(H2,27,32)(H2,28,29,30). The molecule has 0 aromatic heterocycles. The molecule has 2 aromatic rings. The summed E-state index contributed by atoms with van der Waals surface area (Å²) in [7, 11) is 0. The first-order valence-corrected chi connectivity index (χ1v) is 11.3. The largest absolute Gasteiger partial charge is 0.369 e. The minimum atomic E-state index is -0.197. The normalized spacial score (nSPS) is 17.2. The van der Waals surface area contributed by atoms with E-state index in [1.54, 1.807) is 13.0 Å². The van der Waals surface area contributed by atoms with E-state index in [1.165, 1.54) is 11.6 Å². The van der Waals surface area contributed by atoms with E-state index in [0.29, 0.717) is 18.7 Å². The van der Waals surface area contributed by atoms with Crippen molar-refractivity contribution in [3.8, 4) is 0 Å². The predicted octanol–water partition coefficient (Wildman–Crippen LogP) is 3.09. The van der Waals surface area contributed by atoms with Gasteiger partial charge in [0.05, 0.1) is 12.5 Å². The van der Waals surface area contributed by atoms with Crippen LogP contribution in [0.5, 0.6) is 0 Å². The second kappa shape index (κ2) is 11.6. The van der Waals surface area contributed by atoms with Gasteiger partial charge in [0.15, 0.2) is 5.96 Å². The zero-order valence-electron chi connectivity index (χ0n) is 19.0. The number of likely N-dealkylation sites (tertiary alicyclic amines) is 1. The maximum atomic E-state index is 13.5. The second-order valence-corrected chi connectivity index (χ2v) is 8.43. The minimum Gasteiger partial charge on any atom is -0.369 e. The highest BCUT2D eigenvalue weighted by molar-refractivity contribution is 5.79. The number of amides is 1. The molecule has 3 rings (SSSR count). The van der Waals surface area contributed by atoms with Crippen molar-refractivity contribution in [2.75, 3.05) is 19.6 Å². The van der Waals surface area contributed by atoms with Gasteiger partial charge in [-0.15, -0.1) is 0 Å². The van der Waals surface area contributed by atoms with Crippen LogP contribution in [0.1, 0.15) is 42.0 Å². The second-order valence-electron chi connectivity index (χ2n) is 8.43. The van der Waals surface area contributed by atoms with E-state index in [0.717, 1.165) is 56.1 Å². The number of primary amides is 1. The van der Waals surface area contributed by atoms with Gasteiger partial charge in [0.2, 0.25) is 5.91 Å². The number of carbonyl (C=O) groups excluding carboxylic acids is 1. The first kappa shape index (κ1) is 23.7. The molecule has 1 saturated heterocycles. The molecule has 4 N–H and O–H groups in total. The minimum absolute atomic E-state index is 0.0461. The summed E-state index contributed by atoms with van der Waals surface area (Å²) in [4.78, 5) is 18.5. The number of aliphatic imine (C=N–C) groups is 1. The van der Waals surface area contributed by atoms with E-state index in [2.05, 4.69) is 39.8 Å². The Labute approximate surface area is 190 Å². The fourth-order valence-electron chi connectivity index (χ4n) is 4.03.